The van der Waals surface area contributed by atoms with Gasteiger partial charge in [0, 0.05) is 148 Å². The SMILES string of the molecule is C#CC#CC#CC#CC#CC#CC#CC#CC#CC#CC#CC#CC#CC#CC#CC#CC#CC#CC.CCC(C)(C)Cc1ccc(CNC(=O)COC(C)(C)C)cc1.CNC(C)(C)CCC(=O)C(C)(C)C.CNC(C)(C)CCCCC(=O)C(C)(C)C. The second-order valence-electron chi connectivity index (χ2n) is 23.5. The second kappa shape index (κ2) is 48.4. The zero-order valence-electron chi connectivity index (χ0n) is 55.1. The predicted octanol–water partition coefficient (Wildman–Crippen LogP) is 10.3. The normalized spacial score (nSPS) is 8.94. The Hall–Kier alpha value is -10.0. The van der Waals surface area contributed by atoms with Crippen molar-refractivity contribution in [2.24, 2.45) is 16.2 Å². The van der Waals surface area contributed by atoms with Crippen molar-refractivity contribution in [3.8, 4) is 214 Å². The monoisotopic (exact) mass is 1150 g/mol. The highest BCUT2D eigenvalue weighted by Gasteiger charge is 2.24. The Balaban J connectivity index is -0.00000119. The molecule has 1 amide bonds. The number of hydrogen-bond donors (Lipinski definition) is 3. The molecule has 0 aliphatic heterocycles. The number of benzene rings is 1. The van der Waals surface area contributed by atoms with E-state index in [-0.39, 0.29) is 40.0 Å². The summed E-state index contributed by atoms with van der Waals surface area (Å²) in [7, 11) is 3.92. The molecule has 0 unspecified atom stereocenters. The Morgan fingerprint density at radius 3 is 1.05 bits per heavy atom. The molecule has 7 heteroatoms. The molecule has 0 saturated heterocycles. The maximum Gasteiger partial charge on any atom is 0.246 e. The van der Waals surface area contributed by atoms with Crippen LogP contribution in [0.15, 0.2) is 24.3 Å². The van der Waals surface area contributed by atoms with Crippen LogP contribution in [-0.2, 0) is 32.1 Å². The summed E-state index contributed by atoms with van der Waals surface area (Å²) in [6, 6.07) is 8.49. The molecule has 444 valence electrons. The van der Waals surface area contributed by atoms with E-state index in [2.05, 4.69) is 296 Å². The summed E-state index contributed by atoms with van der Waals surface area (Å²) in [5.74, 6) is 87.5. The average molecular weight is 1150 g/mol. The molecule has 0 radical (unpaired) electrons. The first-order valence-electron chi connectivity index (χ1n) is 28.2. The van der Waals surface area contributed by atoms with Gasteiger partial charge in [-0.15, -0.1) is 6.42 Å². The molecule has 0 aliphatic carbocycles. The van der Waals surface area contributed by atoms with Crippen LogP contribution >= 0.6 is 0 Å². The predicted molar refractivity (Wildman–Crippen MR) is 361 cm³/mol. The highest BCUT2D eigenvalue weighted by atomic mass is 16.5. The molecule has 0 saturated carbocycles. The summed E-state index contributed by atoms with van der Waals surface area (Å²) in [5.41, 5.74) is 2.42. The van der Waals surface area contributed by atoms with Gasteiger partial charge in [-0.25, -0.2) is 0 Å². The Morgan fingerprint density at radius 2 is 0.747 bits per heavy atom. The van der Waals surface area contributed by atoms with Crippen molar-refractivity contribution in [1.29, 1.82) is 0 Å². The summed E-state index contributed by atoms with van der Waals surface area (Å²) in [6.45, 7) is 35.5. The molecule has 0 bridgehead atoms. The van der Waals surface area contributed by atoms with Crippen LogP contribution in [0.5, 0.6) is 0 Å². The molecule has 0 aliphatic rings. The van der Waals surface area contributed by atoms with E-state index in [0.29, 0.717) is 29.9 Å². The largest absolute Gasteiger partial charge is 0.366 e. The van der Waals surface area contributed by atoms with Crippen LogP contribution in [0.4, 0.5) is 0 Å². The number of ketones is 2. The number of hydrogen-bond acceptors (Lipinski definition) is 6. The lowest BCUT2D eigenvalue weighted by molar-refractivity contribution is -0.130. The smallest absolute Gasteiger partial charge is 0.246 e. The van der Waals surface area contributed by atoms with E-state index in [4.69, 9.17) is 11.2 Å². The lowest BCUT2D eigenvalue weighted by atomic mass is 9.83. The topological polar surface area (TPSA) is 96.5 Å². The Labute approximate surface area is 528 Å². The van der Waals surface area contributed by atoms with E-state index in [9.17, 15) is 14.4 Å². The number of ether oxygens (including phenoxy) is 1. The summed E-state index contributed by atoms with van der Waals surface area (Å²) in [4.78, 5) is 35.0. The van der Waals surface area contributed by atoms with Gasteiger partial charge in [-0.3, -0.25) is 14.4 Å². The zero-order valence-corrected chi connectivity index (χ0v) is 55.1. The summed E-state index contributed by atoms with van der Waals surface area (Å²) in [5, 5.41) is 9.36. The molecule has 1 rings (SSSR count). The molecule has 0 fully saturated rings. The fraction of sp³-hybridized carbons (Fsp3) is 0.438. The summed E-state index contributed by atoms with van der Waals surface area (Å²) >= 11 is 0. The fourth-order valence-electron chi connectivity index (χ4n) is 5.33. The third-order valence-corrected chi connectivity index (χ3v) is 11.4. The van der Waals surface area contributed by atoms with Crippen molar-refractivity contribution < 1.29 is 19.1 Å². The summed E-state index contributed by atoms with van der Waals surface area (Å²) in [6.07, 6.45) is 12.7. The van der Waals surface area contributed by atoms with Crippen molar-refractivity contribution in [3.05, 3.63) is 35.4 Å². The second-order valence-corrected chi connectivity index (χ2v) is 23.5. The highest BCUT2D eigenvalue weighted by Crippen LogP contribution is 2.26. The van der Waals surface area contributed by atoms with Gasteiger partial charge < -0.3 is 20.7 Å². The van der Waals surface area contributed by atoms with Crippen LogP contribution in [-0.4, -0.2) is 54.9 Å². The number of nitrogens with one attached hydrogen (secondary N) is 3. The van der Waals surface area contributed by atoms with E-state index < -0.39 is 0 Å². The highest BCUT2D eigenvalue weighted by molar-refractivity contribution is 5.84. The lowest BCUT2D eigenvalue weighted by Gasteiger charge is -2.25. The lowest BCUT2D eigenvalue weighted by Crippen LogP contribution is -2.37. The number of carbonyl (C=O) groups is 3. The zero-order chi connectivity index (χ0) is 66.4. The fourth-order valence-corrected chi connectivity index (χ4v) is 5.33. The van der Waals surface area contributed by atoms with Gasteiger partial charge in [0.2, 0.25) is 5.91 Å². The molecule has 7 nitrogen and oxygen atoms in total. The molecule has 0 heterocycles. The number of rotatable bonds is 17. The van der Waals surface area contributed by atoms with E-state index in [1.807, 2.05) is 76.4 Å². The van der Waals surface area contributed by atoms with E-state index in [1.165, 1.54) is 12.0 Å². The van der Waals surface area contributed by atoms with Gasteiger partial charge in [-0.05, 0) is 206 Å². The van der Waals surface area contributed by atoms with Gasteiger partial charge >= 0.3 is 0 Å². The third-order valence-electron chi connectivity index (χ3n) is 11.4. The van der Waals surface area contributed by atoms with E-state index >= 15 is 0 Å². The van der Waals surface area contributed by atoms with Crippen LogP contribution in [0.3, 0.4) is 0 Å². The van der Waals surface area contributed by atoms with E-state index in [0.717, 1.165) is 44.1 Å². The van der Waals surface area contributed by atoms with Crippen LogP contribution in [0.1, 0.15) is 174 Å². The average Bonchev–Trinajstić information content (AvgIpc) is 3.67. The van der Waals surface area contributed by atoms with Gasteiger partial charge in [0.1, 0.15) is 18.2 Å². The van der Waals surface area contributed by atoms with Gasteiger partial charge in [0.25, 0.3) is 0 Å². The first-order valence-corrected chi connectivity index (χ1v) is 28.2. The summed E-state index contributed by atoms with van der Waals surface area (Å²) < 4.78 is 5.45. The van der Waals surface area contributed by atoms with Crippen LogP contribution in [0.25, 0.3) is 0 Å². The van der Waals surface area contributed by atoms with Gasteiger partial charge in [0.15, 0.2) is 0 Å². The van der Waals surface area contributed by atoms with Crippen molar-refractivity contribution in [1.82, 2.24) is 16.0 Å². The minimum absolute atomic E-state index is 0.0703. The maximum absolute atomic E-state index is 11.7. The quantitative estimate of drug-likeness (QED) is 0.106. The number of unbranched alkanes of at least 4 members (excludes halogenated alkanes) is 1. The maximum atomic E-state index is 11.7. The minimum atomic E-state index is -0.287. The molecule has 0 atom stereocenters. The first kappa shape index (κ1) is 81.2. The Bertz CT molecular complexity index is 3660. The molecule has 3 N–H and O–H groups in total. The Morgan fingerprint density at radius 1 is 0.437 bits per heavy atom. The van der Waals surface area contributed by atoms with Crippen molar-refractivity contribution in [3.63, 3.8) is 0 Å². The first-order chi connectivity index (χ1) is 40.9. The van der Waals surface area contributed by atoms with Crippen LogP contribution in [0.2, 0.25) is 0 Å². The van der Waals surface area contributed by atoms with Crippen molar-refractivity contribution in [2.45, 2.75) is 192 Å². The standard InChI is InChI=1S/C37H4.C19H31NO2.C13H27NO.C11H23NO/c1-3-5-7-9-11-13-15-17-19-21-23-25-27-29-31-33-35-37-36-34-32-30-28-26-24-22-20-18-16-14-12-10-8-6-4-2;1-7-19(5,6)12-15-8-10-16(11-9-15)13-20-17(21)14-22-18(2,3)4;1-12(2,3)11(15)9-7-8-10-13(4,5)14-6;1-10(2,3)9(13)7-8-11(4,5)12-6/h1H,2H3;8-11H,7,12-14H2,1-6H3,(H,20,21);14H,7-10H2,1-6H3;12H,7-8H2,1-6H3. The van der Waals surface area contributed by atoms with Crippen LogP contribution in [0, 0.1) is 230 Å². The molecule has 1 aromatic carbocycles. The molecular weight excluding hydrogens is 1070 g/mol. The molecule has 1 aromatic rings. The van der Waals surface area contributed by atoms with Gasteiger partial charge in [0.05, 0.1) is 5.60 Å². The van der Waals surface area contributed by atoms with Crippen LogP contribution < -0.4 is 16.0 Å². The number of carbonyl (C=O) groups excluding carboxylic acids is 3. The molecule has 0 spiro atoms. The van der Waals surface area contributed by atoms with Crippen molar-refractivity contribution >= 4 is 17.5 Å². The van der Waals surface area contributed by atoms with Gasteiger partial charge in [-0.2, -0.15) is 0 Å². The Kier molecular flexibility index (Phi) is 45.2. The van der Waals surface area contributed by atoms with E-state index in [1.54, 1.807) is 6.92 Å². The van der Waals surface area contributed by atoms with Gasteiger partial charge in [-0.1, -0.05) is 105 Å². The number of terminal acetylenes is 1. The van der Waals surface area contributed by atoms with Crippen molar-refractivity contribution in [2.75, 3.05) is 20.7 Å². The molecule has 87 heavy (non-hydrogen) atoms. The molecular formula is C80H85N3O4. The number of Topliss-reactive ketones (excluding diaryl/α,β-unsaturated/α-hetero) is 2. The number of amides is 1. The third kappa shape index (κ3) is 57.6. The molecule has 0 aromatic heterocycles. The minimum Gasteiger partial charge on any atom is -0.366 e.